The number of nitrogens with zero attached hydrogens (tertiary/aromatic N) is 9. The third kappa shape index (κ3) is 5.38. The summed E-state index contributed by atoms with van der Waals surface area (Å²) in [7, 11) is 0.503. The van der Waals surface area contributed by atoms with E-state index in [2.05, 4.69) is 40.0 Å². The lowest BCUT2D eigenvalue weighted by Crippen LogP contribution is -2.34. The number of pyridine rings is 1. The molecule has 4 heterocycles. The van der Waals surface area contributed by atoms with Crippen molar-refractivity contribution in [3.05, 3.63) is 53.6 Å². The molecule has 4 aromatic rings. The van der Waals surface area contributed by atoms with Crippen molar-refractivity contribution in [3.63, 3.8) is 0 Å². The van der Waals surface area contributed by atoms with Crippen LogP contribution >= 0.6 is 11.6 Å². The van der Waals surface area contributed by atoms with Gasteiger partial charge in [0.15, 0.2) is 11.6 Å². The van der Waals surface area contributed by atoms with Gasteiger partial charge in [0.25, 0.3) is 0 Å². The van der Waals surface area contributed by atoms with Crippen molar-refractivity contribution in [2.45, 2.75) is 31.2 Å². The van der Waals surface area contributed by atoms with Crippen LogP contribution in [0.25, 0.3) is 11.5 Å². The van der Waals surface area contributed by atoms with Crippen molar-refractivity contribution < 1.29 is 17.9 Å². The first-order valence-electron chi connectivity index (χ1n) is 11.0. The number of aromatic nitrogens is 9. The summed E-state index contributed by atoms with van der Waals surface area (Å²) >= 11 is 5.87. The minimum absolute atomic E-state index is 0.0474. The van der Waals surface area contributed by atoms with Gasteiger partial charge in [-0.15, -0.1) is 10.2 Å². The summed E-state index contributed by atoms with van der Waals surface area (Å²) in [5.74, 6) is 1.32. The number of hydrogen-bond acceptors (Lipinski definition) is 11. The lowest BCUT2D eigenvalue weighted by molar-refractivity contribution is 0.0950. The highest BCUT2D eigenvalue weighted by Gasteiger charge is 2.35. The van der Waals surface area contributed by atoms with Gasteiger partial charge in [-0.1, -0.05) is 17.7 Å². The summed E-state index contributed by atoms with van der Waals surface area (Å²) in [5.41, 5.74) is 0.420. The predicted molar refractivity (Wildman–Crippen MR) is 133 cm³/mol. The molecule has 0 aliphatic carbocycles. The molecule has 0 bridgehead atoms. The molecule has 196 valence electrons. The summed E-state index contributed by atoms with van der Waals surface area (Å²) < 4.78 is 43.4. The van der Waals surface area contributed by atoms with Crippen molar-refractivity contribution >= 4 is 27.6 Å². The SMILES string of the molecule is COc1cccc(-c2nnc(NS(=O)(=O)C(C)C(OC)c3ncc(Cl)cn3)n2C(C)c2ncnn2C)n1. The van der Waals surface area contributed by atoms with Crippen LogP contribution in [0.1, 0.15) is 37.6 Å². The zero-order valence-corrected chi connectivity index (χ0v) is 22.2. The molecule has 0 amide bonds. The number of ether oxygens (including phenoxy) is 2. The number of nitrogens with one attached hydrogen (secondary N) is 1. The van der Waals surface area contributed by atoms with E-state index in [4.69, 9.17) is 21.1 Å². The maximum atomic E-state index is 13.5. The largest absolute Gasteiger partial charge is 0.481 e. The van der Waals surface area contributed by atoms with Gasteiger partial charge in [-0.3, -0.25) is 14.0 Å². The van der Waals surface area contributed by atoms with Gasteiger partial charge in [0.2, 0.25) is 21.9 Å². The summed E-state index contributed by atoms with van der Waals surface area (Å²) in [5, 5.41) is 11.7. The van der Waals surface area contributed by atoms with E-state index in [9.17, 15) is 8.42 Å². The molecule has 0 aliphatic rings. The molecule has 0 saturated carbocycles. The normalized spacial score (nSPS) is 14.2. The van der Waals surface area contributed by atoms with E-state index in [0.717, 1.165) is 0 Å². The molecular formula is C21H25ClN10O4S. The van der Waals surface area contributed by atoms with Crippen molar-refractivity contribution in [2.75, 3.05) is 18.9 Å². The van der Waals surface area contributed by atoms with Gasteiger partial charge in [-0.2, -0.15) is 5.10 Å². The Morgan fingerprint density at radius 3 is 2.43 bits per heavy atom. The van der Waals surface area contributed by atoms with Gasteiger partial charge in [-0.05, 0) is 19.9 Å². The number of aryl methyl sites for hydroxylation is 1. The van der Waals surface area contributed by atoms with Crippen LogP contribution in [0, 0.1) is 0 Å². The second-order valence-corrected chi connectivity index (χ2v) is 10.4. The van der Waals surface area contributed by atoms with Crippen LogP contribution in [-0.4, -0.2) is 72.4 Å². The fourth-order valence-electron chi connectivity index (χ4n) is 3.71. The van der Waals surface area contributed by atoms with Gasteiger partial charge < -0.3 is 9.47 Å². The van der Waals surface area contributed by atoms with Crippen LogP contribution in [0.5, 0.6) is 5.88 Å². The van der Waals surface area contributed by atoms with Crippen molar-refractivity contribution in [1.29, 1.82) is 0 Å². The maximum Gasteiger partial charge on any atom is 0.240 e. The lowest BCUT2D eigenvalue weighted by Gasteiger charge is -2.23. The van der Waals surface area contributed by atoms with Gasteiger partial charge in [0, 0.05) is 32.6 Å². The third-order valence-electron chi connectivity index (χ3n) is 5.66. The van der Waals surface area contributed by atoms with E-state index in [1.54, 1.807) is 34.5 Å². The Kier molecular flexibility index (Phi) is 7.65. The molecule has 0 aromatic carbocycles. The molecule has 14 nitrogen and oxygen atoms in total. The highest BCUT2D eigenvalue weighted by molar-refractivity contribution is 7.93. The first kappa shape index (κ1) is 26.4. The first-order chi connectivity index (χ1) is 17.7. The molecule has 1 N–H and O–H groups in total. The highest BCUT2D eigenvalue weighted by Crippen LogP contribution is 2.30. The number of halogens is 1. The number of anilines is 1. The van der Waals surface area contributed by atoms with Crippen molar-refractivity contribution in [1.82, 2.24) is 44.5 Å². The average Bonchev–Trinajstić information content (AvgIpc) is 3.51. The smallest absolute Gasteiger partial charge is 0.240 e. The fourth-order valence-corrected chi connectivity index (χ4v) is 4.95. The second kappa shape index (κ2) is 10.7. The van der Waals surface area contributed by atoms with Gasteiger partial charge >= 0.3 is 0 Å². The molecule has 37 heavy (non-hydrogen) atoms. The predicted octanol–water partition coefficient (Wildman–Crippen LogP) is 2.05. The zero-order chi connectivity index (χ0) is 26.7. The first-order valence-corrected chi connectivity index (χ1v) is 12.9. The monoisotopic (exact) mass is 548 g/mol. The Bertz CT molecular complexity index is 1470. The standard InChI is InChI=1S/C21H25ClN10O4S/c1-12(19-25-11-26-31(19)3)32-20(15-7-6-8-16(27-15)35-4)28-29-21(32)30-37(33,34)13(2)17(36-5)18-23-9-14(22)10-24-18/h6-13,17H,1-5H3,(H,29,30). The van der Waals surface area contributed by atoms with Crippen LogP contribution in [0.4, 0.5) is 5.95 Å². The van der Waals surface area contributed by atoms with E-state index in [-0.39, 0.29) is 11.8 Å². The number of hydrogen-bond donors (Lipinski definition) is 1. The van der Waals surface area contributed by atoms with E-state index in [1.165, 1.54) is 39.9 Å². The van der Waals surface area contributed by atoms with E-state index >= 15 is 0 Å². The third-order valence-corrected chi connectivity index (χ3v) is 7.55. The Morgan fingerprint density at radius 1 is 1.08 bits per heavy atom. The lowest BCUT2D eigenvalue weighted by atomic mass is 10.2. The van der Waals surface area contributed by atoms with Crippen LogP contribution < -0.4 is 9.46 Å². The zero-order valence-electron chi connectivity index (χ0n) is 20.6. The van der Waals surface area contributed by atoms with Crippen LogP contribution in [0.15, 0.2) is 36.9 Å². The molecule has 4 aromatic heterocycles. The minimum atomic E-state index is -4.10. The van der Waals surface area contributed by atoms with Crippen LogP contribution in [0.3, 0.4) is 0 Å². The van der Waals surface area contributed by atoms with Crippen LogP contribution in [-0.2, 0) is 21.8 Å². The van der Waals surface area contributed by atoms with Gasteiger partial charge in [0.05, 0.1) is 18.2 Å². The Morgan fingerprint density at radius 2 is 1.81 bits per heavy atom. The minimum Gasteiger partial charge on any atom is -0.481 e. The quantitative estimate of drug-likeness (QED) is 0.308. The molecule has 0 fully saturated rings. The molecule has 0 radical (unpaired) electrons. The number of methoxy groups -OCH3 is 2. The Labute approximate surface area is 218 Å². The van der Waals surface area contributed by atoms with E-state index < -0.39 is 27.4 Å². The van der Waals surface area contributed by atoms with Crippen LogP contribution in [0.2, 0.25) is 5.02 Å². The molecule has 0 spiro atoms. The topological polar surface area (TPSA) is 165 Å². The molecule has 4 rings (SSSR count). The summed E-state index contributed by atoms with van der Waals surface area (Å²) in [6.07, 6.45) is 3.16. The number of sulfonamides is 1. The van der Waals surface area contributed by atoms with Crippen molar-refractivity contribution in [3.8, 4) is 17.4 Å². The highest BCUT2D eigenvalue weighted by atomic mass is 35.5. The fraction of sp³-hybridized carbons (Fsp3) is 0.381. The van der Waals surface area contributed by atoms with Gasteiger partial charge in [-0.25, -0.2) is 28.4 Å². The number of rotatable bonds is 10. The average molecular weight is 549 g/mol. The Balaban J connectivity index is 1.75. The summed E-state index contributed by atoms with van der Waals surface area (Å²) in [4.78, 5) is 17.0. The molecular weight excluding hydrogens is 524 g/mol. The summed E-state index contributed by atoms with van der Waals surface area (Å²) in [6, 6.07) is 4.61. The second-order valence-electron chi connectivity index (χ2n) is 7.97. The van der Waals surface area contributed by atoms with E-state index in [1.807, 2.05) is 6.92 Å². The molecule has 3 atom stereocenters. The molecule has 3 unspecified atom stereocenters. The van der Waals surface area contributed by atoms with Gasteiger partial charge in [0.1, 0.15) is 29.2 Å². The molecule has 16 heteroatoms. The van der Waals surface area contributed by atoms with Crippen molar-refractivity contribution in [2.24, 2.45) is 7.05 Å². The molecule has 0 saturated heterocycles. The van der Waals surface area contributed by atoms with E-state index in [0.29, 0.717) is 28.2 Å². The summed E-state index contributed by atoms with van der Waals surface area (Å²) in [6.45, 7) is 3.30. The Hall–Kier alpha value is -3.69. The maximum absolute atomic E-state index is 13.5. The molecule has 0 aliphatic heterocycles.